The van der Waals surface area contributed by atoms with Crippen LogP contribution in [0.2, 0.25) is 0 Å². The Kier molecular flexibility index (Phi) is 5.03. The van der Waals surface area contributed by atoms with Crippen LogP contribution in [0, 0.1) is 12.8 Å². The number of rotatable bonds is 5. The van der Waals surface area contributed by atoms with Crippen molar-refractivity contribution < 1.29 is 9.47 Å². The molecule has 1 saturated carbocycles. The number of benzene rings is 2. The monoisotopic (exact) mass is 391 g/mol. The summed E-state index contributed by atoms with van der Waals surface area (Å²) in [6.45, 7) is 4.39. The number of aryl methyl sites for hydroxylation is 2. The van der Waals surface area contributed by atoms with Crippen LogP contribution in [0.15, 0.2) is 24.3 Å². The van der Waals surface area contributed by atoms with Crippen LogP contribution in [0.4, 0.5) is 0 Å². The van der Waals surface area contributed by atoms with Crippen LogP contribution in [0.1, 0.15) is 65.1 Å². The summed E-state index contributed by atoms with van der Waals surface area (Å²) in [5, 5.41) is 0. The first-order valence-corrected chi connectivity index (χ1v) is 11.3. The highest BCUT2D eigenvalue weighted by Gasteiger charge is 2.34. The molecule has 3 nitrogen and oxygen atoms in total. The number of ether oxygens (including phenoxy) is 2. The van der Waals surface area contributed by atoms with E-state index in [1.165, 1.54) is 48.8 Å². The molecule has 3 heteroatoms. The number of fused-ring (bicyclic) bond motifs is 4. The van der Waals surface area contributed by atoms with Crippen LogP contribution in [0.5, 0.6) is 11.5 Å². The maximum atomic E-state index is 5.74. The molecule has 1 fully saturated rings. The standard InChI is InChI=1S/C26H33NO2/c1-17-13-21-11-12-27-16-23-20(9-10-25(28-2)26(23)29-3)15-24(27)22(21)14-19(17)8-7-18-5-4-6-18/h9-10,13-14,18,24H,4-8,11-12,15-16H2,1-3H3. The summed E-state index contributed by atoms with van der Waals surface area (Å²) >= 11 is 0. The fourth-order valence-electron chi connectivity index (χ4n) is 5.62. The van der Waals surface area contributed by atoms with Crippen molar-refractivity contribution in [1.82, 2.24) is 4.90 Å². The third-order valence-electron chi connectivity index (χ3n) is 7.63. The van der Waals surface area contributed by atoms with E-state index >= 15 is 0 Å². The van der Waals surface area contributed by atoms with Crippen molar-refractivity contribution in [3.63, 3.8) is 0 Å². The summed E-state index contributed by atoms with van der Waals surface area (Å²) in [5.74, 6) is 2.74. The van der Waals surface area contributed by atoms with Crippen LogP contribution in [-0.4, -0.2) is 25.7 Å². The molecule has 2 aromatic rings. The summed E-state index contributed by atoms with van der Waals surface area (Å²) in [4.78, 5) is 2.65. The van der Waals surface area contributed by atoms with Crippen LogP contribution in [0.3, 0.4) is 0 Å². The van der Waals surface area contributed by atoms with Gasteiger partial charge in [-0.3, -0.25) is 4.90 Å². The van der Waals surface area contributed by atoms with E-state index in [9.17, 15) is 0 Å². The smallest absolute Gasteiger partial charge is 0.165 e. The number of methoxy groups -OCH3 is 2. The second-order valence-corrected chi connectivity index (χ2v) is 9.19. The molecule has 1 aliphatic carbocycles. The van der Waals surface area contributed by atoms with Gasteiger partial charge in [-0.2, -0.15) is 0 Å². The van der Waals surface area contributed by atoms with Crippen molar-refractivity contribution in [2.45, 2.75) is 64.5 Å². The highest BCUT2D eigenvalue weighted by atomic mass is 16.5. The van der Waals surface area contributed by atoms with Crippen molar-refractivity contribution in [2.24, 2.45) is 5.92 Å². The average Bonchev–Trinajstić information content (AvgIpc) is 2.70. The summed E-state index contributed by atoms with van der Waals surface area (Å²) in [7, 11) is 3.48. The molecule has 0 saturated heterocycles. The molecule has 0 spiro atoms. The number of hydrogen-bond donors (Lipinski definition) is 0. The van der Waals surface area contributed by atoms with Crippen molar-refractivity contribution in [3.05, 3.63) is 57.6 Å². The minimum Gasteiger partial charge on any atom is -0.493 e. The van der Waals surface area contributed by atoms with E-state index in [1.54, 1.807) is 30.9 Å². The van der Waals surface area contributed by atoms with E-state index in [4.69, 9.17) is 9.47 Å². The zero-order valence-corrected chi connectivity index (χ0v) is 18.1. The molecule has 1 atom stereocenters. The van der Waals surface area contributed by atoms with Gasteiger partial charge in [-0.25, -0.2) is 0 Å². The van der Waals surface area contributed by atoms with E-state index in [0.717, 1.165) is 43.3 Å². The van der Waals surface area contributed by atoms with Gasteiger partial charge < -0.3 is 9.47 Å². The van der Waals surface area contributed by atoms with Crippen LogP contribution >= 0.6 is 0 Å². The lowest BCUT2D eigenvalue weighted by molar-refractivity contribution is 0.157. The second-order valence-electron chi connectivity index (χ2n) is 9.19. The van der Waals surface area contributed by atoms with Gasteiger partial charge in [0.15, 0.2) is 11.5 Å². The molecular formula is C26H33NO2. The molecule has 1 unspecified atom stereocenters. The first kappa shape index (κ1) is 19.0. The Labute approximate surface area is 175 Å². The summed E-state index contributed by atoms with van der Waals surface area (Å²) in [5.41, 5.74) is 8.94. The third-order valence-corrected chi connectivity index (χ3v) is 7.63. The Balaban J connectivity index is 1.46. The van der Waals surface area contributed by atoms with Gasteiger partial charge >= 0.3 is 0 Å². The highest BCUT2D eigenvalue weighted by Crippen LogP contribution is 2.44. The fourth-order valence-corrected chi connectivity index (χ4v) is 5.62. The summed E-state index contributed by atoms with van der Waals surface area (Å²) < 4.78 is 11.3. The fraction of sp³-hybridized carbons (Fsp3) is 0.538. The van der Waals surface area contributed by atoms with Crippen molar-refractivity contribution in [1.29, 1.82) is 0 Å². The second kappa shape index (κ2) is 7.68. The number of nitrogens with zero attached hydrogens (tertiary/aromatic N) is 1. The first-order valence-electron chi connectivity index (χ1n) is 11.3. The van der Waals surface area contributed by atoms with E-state index in [0.29, 0.717) is 6.04 Å². The largest absolute Gasteiger partial charge is 0.493 e. The maximum Gasteiger partial charge on any atom is 0.165 e. The van der Waals surface area contributed by atoms with Gasteiger partial charge in [0.05, 0.1) is 14.2 Å². The molecule has 154 valence electrons. The van der Waals surface area contributed by atoms with Gasteiger partial charge in [0.1, 0.15) is 0 Å². The quantitative estimate of drug-likeness (QED) is 0.681. The van der Waals surface area contributed by atoms with Gasteiger partial charge in [0, 0.05) is 24.7 Å². The summed E-state index contributed by atoms with van der Waals surface area (Å²) in [6.07, 6.45) is 9.17. The van der Waals surface area contributed by atoms with Crippen LogP contribution < -0.4 is 9.47 Å². The molecule has 0 amide bonds. The molecule has 3 aliphatic rings. The highest BCUT2D eigenvalue weighted by molar-refractivity contribution is 5.53. The van der Waals surface area contributed by atoms with E-state index < -0.39 is 0 Å². The van der Waals surface area contributed by atoms with Gasteiger partial charge in [-0.15, -0.1) is 0 Å². The zero-order valence-electron chi connectivity index (χ0n) is 18.1. The topological polar surface area (TPSA) is 21.7 Å². The van der Waals surface area contributed by atoms with Crippen molar-refractivity contribution in [2.75, 3.05) is 20.8 Å². The minimum atomic E-state index is 0.493. The van der Waals surface area contributed by atoms with E-state index in [2.05, 4.69) is 36.1 Å². The molecule has 0 aromatic heterocycles. The summed E-state index contributed by atoms with van der Waals surface area (Å²) in [6, 6.07) is 9.86. The van der Waals surface area contributed by atoms with Crippen LogP contribution in [-0.2, 0) is 25.8 Å². The number of hydrogen-bond acceptors (Lipinski definition) is 3. The lowest BCUT2D eigenvalue weighted by atomic mass is 9.79. The van der Waals surface area contributed by atoms with Crippen molar-refractivity contribution in [3.8, 4) is 11.5 Å². The zero-order chi connectivity index (χ0) is 20.0. The Morgan fingerprint density at radius 2 is 1.93 bits per heavy atom. The lowest BCUT2D eigenvalue weighted by Crippen LogP contribution is -2.39. The van der Waals surface area contributed by atoms with Gasteiger partial charge in [0.25, 0.3) is 0 Å². The predicted octanol–water partition coefficient (Wildman–Crippen LogP) is 5.40. The molecule has 2 heterocycles. The molecular weight excluding hydrogens is 358 g/mol. The third kappa shape index (κ3) is 3.34. The molecule has 0 radical (unpaired) electrons. The van der Waals surface area contributed by atoms with E-state index in [1.807, 2.05) is 0 Å². The van der Waals surface area contributed by atoms with E-state index in [-0.39, 0.29) is 0 Å². The lowest BCUT2D eigenvalue weighted by Gasteiger charge is -2.42. The maximum absolute atomic E-state index is 5.74. The van der Waals surface area contributed by atoms with Gasteiger partial charge in [-0.1, -0.05) is 37.5 Å². The molecule has 2 aliphatic heterocycles. The molecule has 0 N–H and O–H groups in total. The van der Waals surface area contributed by atoms with Gasteiger partial charge in [0.2, 0.25) is 0 Å². The Morgan fingerprint density at radius 1 is 1.07 bits per heavy atom. The molecule has 0 bridgehead atoms. The predicted molar refractivity (Wildman–Crippen MR) is 117 cm³/mol. The molecule has 2 aromatic carbocycles. The molecule has 5 rings (SSSR count). The van der Waals surface area contributed by atoms with Crippen molar-refractivity contribution >= 4 is 0 Å². The van der Waals surface area contributed by atoms with Gasteiger partial charge in [-0.05, 0) is 72.4 Å². The minimum absolute atomic E-state index is 0.493. The Morgan fingerprint density at radius 3 is 2.66 bits per heavy atom. The Hall–Kier alpha value is -2.00. The molecule has 29 heavy (non-hydrogen) atoms. The SMILES string of the molecule is COc1ccc2c(c1OC)CN1CCc3cc(C)c(CCC4CCC4)cc3C1C2. The normalized spacial score (nSPS) is 21.0. The average molecular weight is 392 g/mol. The Bertz CT molecular complexity index is 915. The van der Waals surface area contributed by atoms with Crippen LogP contribution in [0.25, 0.3) is 0 Å². The first-order chi connectivity index (χ1) is 14.2.